The lowest BCUT2D eigenvalue weighted by atomic mass is 10.0. The van der Waals surface area contributed by atoms with Crippen molar-refractivity contribution in [2.75, 3.05) is 0 Å². The number of hydrogen-bond donors (Lipinski definition) is 0. The summed E-state index contributed by atoms with van der Waals surface area (Å²) in [6, 6.07) is 8.17. The summed E-state index contributed by atoms with van der Waals surface area (Å²) < 4.78 is 0. The molecule has 3 nitrogen and oxygen atoms in total. The number of carbonyl (C=O) groups is 1. The fourth-order valence-corrected chi connectivity index (χ4v) is 1.57. The van der Waals surface area contributed by atoms with E-state index in [1.54, 1.807) is 0 Å². The monoisotopic (exact) mass is 226 g/mol. The largest absolute Gasteiger partial charge is 0.298 e. The SMILES string of the molecule is CC(C)c1ccc(-c2ncc(C=O)cn2)cc1. The second kappa shape index (κ2) is 4.87. The molecule has 0 amide bonds. The van der Waals surface area contributed by atoms with Crippen LogP contribution in [-0.4, -0.2) is 16.3 Å². The van der Waals surface area contributed by atoms with Crippen molar-refractivity contribution < 1.29 is 4.79 Å². The quantitative estimate of drug-likeness (QED) is 0.755. The summed E-state index contributed by atoms with van der Waals surface area (Å²) >= 11 is 0. The van der Waals surface area contributed by atoms with Gasteiger partial charge in [0.2, 0.25) is 0 Å². The zero-order chi connectivity index (χ0) is 12.3. The van der Waals surface area contributed by atoms with Crippen molar-refractivity contribution in [3.63, 3.8) is 0 Å². The zero-order valence-electron chi connectivity index (χ0n) is 9.92. The van der Waals surface area contributed by atoms with Crippen molar-refractivity contribution in [1.82, 2.24) is 9.97 Å². The molecule has 0 saturated carbocycles. The van der Waals surface area contributed by atoms with Crippen molar-refractivity contribution in [2.45, 2.75) is 19.8 Å². The minimum absolute atomic E-state index is 0.493. The lowest BCUT2D eigenvalue weighted by molar-refractivity contribution is 0.112. The van der Waals surface area contributed by atoms with E-state index in [1.165, 1.54) is 18.0 Å². The summed E-state index contributed by atoms with van der Waals surface area (Å²) in [4.78, 5) is 18.8. The van der Waals surface area contributed by atoms with Gasteiger partial charge >= 0.3 is 0 Å². The fraction of sp³-hybridized carbons (Fsp3) is 0.214. The van der Waals surface area contributed by atoms with Crippen molar-refractivity contribution in [2.24, 2.45) is 0 Å². The molecule has 2 rings (SSSR count). The molecule has 2 aromatic rings. The van der Waals surface area contributed by atoms with E-state index in [2.05, 4.69) is 35.9 Å². The summed E-state index contributed by atoms with van der Waals surface area (Å²) in [5, 5.41) is 0. The van der Waals surface area contributed by atoms with Gasteiger partial charge in [0.15, 0.2) is 12.1 Å². The van der Waals surface area contributed by atoms with Crippen LogP contribution in [0.2, 0.25) is 0 Å². The van der Waals surface area contributed by atoms with Crippen LogP contribution in [0.3, 0.4) is 0 Å². The summed E-state index contributed by atoms with van der Waals surface area (Å²) in [5.41, 5.74) is 2.75. The van der Waals surface area contributed by atoms with Crippen molar-refractivity contribution >= 4 is 6.29 Å². The van der Waals surface area contributed by atoms with Gasteiger partial charge in [-0.3, -0.25) is 4.79 Å². The summed E-state index contributed by atoms with van der Waals surface area (Å²) in [7, 11) is 0. The Balaban J connectivity index is 2.29. The molecule has 0 aliphatic carbocycles. The third kappa shape index (κ3) is 2.56. The maximum Gasteiger partial charge on any atom is 0.159 e. The Morgan fingerprint density at radius 2 is 1.65 bits per heavy atom. The maximum atomic E-state index is 10.5. The van der Waals surface area contributed by atoms with Gasteiger partial charge in [0, 0.05) is 18.0 Å². The van der Waals surface area contributed by atoms with Gasteiger partial charge in [0.05, 0.1) is 5.56 Å². The zero-order valence-corrected chi connectivity index (χ0v) is 9.92. The molecule has 0 N–H and O–H groups in total. The van der Waals surface area contributed by atoms with Gasteiger partial charge in [-0.2, -0.15) is 0 Å². The van der Waals surface area contributed by atoms with Crippen LogP contribution in [0, 0.1) is 0 Å². The highest BCUT2D eigenvalue weighted by Gasteiger charge is 2.03. The number of carbonyl (C=O) groups excluding carboxylic acids is 1. The van der Waals surface area contributed by atoms with Gasteiger partial charge in [0.1, 0.15) is 0 Å². The van der Waals surface area contributed by atoms with Crippen LogP contribution in [0.25, 0.3) is 11.4 Å². The van der Waals surface area contributed by atoms with Gasteiger partial charge in [0.25, 0.3) is 0 Å². The molecule has 1 heterocycles. The molecule has 0 bridgehead atoms. The molecule has 3 heteroatoms. The highest BCUT2D eigenvalue weighted by Crippen LogP contribution is 2.19. The molecule has 0 saturated heterocycles. The molecule has 0 aliphatic heterocycles. The molecular formula is C14H14N2O. The van der Waals surface area contributed by atoms with E-state index in [0.29, 0.717) is 17.3 Å². The third-order valence-electron chi connectivity index (χ3n) is 2.64. The Morgan fingerprint density at radius 3 is 2.12 bits per heavy atom. The lowest BCUT2D eigenvalue weighted by Gasteiger charge is -2.06. The van der Waals surface area contributed by atoms with Crippen molar-refractivity contribution in [1.29, 1.82) is 0 Å². The number of rotatable bonds is 3. The summed E-state index contributed by atoms with van der Waals surface area (Å²) in [5.74, 6) is 1.16. The number of benzene rings is 1. The topological polar surface area (TPSA) is 42.9 Å². The molecule has 0 radical (unpaired) electrons. The van der Waals surface area contributed by atoms with Crippen molar-refractivity contribution in [3.8, 4) is 11.4 Å². The molecule has 1 aromatic carbocycles. The third-order valence-corrected chi connectivity index (χ3v) is 2.64. The van der Waals surface area contributed by atoms with E-state index >= 15 is 0 Å². The second-order valence-corrected chi connectivity index (χ2v) is 4.23. The summed E-state index contributed by atoms with van der Waals surface area (Å²) in [6.07, 6.45) is 3.81. The average molecular weight is 226 g/mol. The van der Waals surface area contributed by atoms with Gasteiger partial charge in [-0.05, 0) is 11.5 Å². The lowest BCUT2D eigenvalue weighted by Crippen LogP contribution is -1.92. The van der Waals surface area contributed by atoms with Crippen molar-refractivity contribution in [3.05, 3.63) is 47.8 Å². The normalized spacial score (nSPS) is 10.5. The minimum Gasteiger partial charge on any atom is -0.298 e. The number of nitrogens with zero attached hydrogens (tertiary/aromatic N) is 2. The Kier molecular flexibility index (Phi) is 3.28. The molecule has 0 fully saturated rings. The molecule has 0 spiro atoms. The van der Waals surface area contributed by atoms with Crippen LogP contribution < -0.4 is 0 Å². The average Bonchev–Trinajstić information content (AvgIpc) is 2.39. The molecule has 0 aliphatic rings. The molecule has 0 atom stereocenters. The van der Waals surface area contributed by atoms with Crippen LogP contribution in [-0.2, 0) is 0 Å². The standard InChI is InChI=1S/C14H14N2O/c1-10(2)12-3-5-13(6-4-12)14-15-7-11(9-17)8-16-14/h3-10H,1-2H3. The van der Waals surface area contributed by atoms with Crippen LogP contribution in [0.5, 0.6) is 0 Å². The predicted molar refractivity (Wildman–Crippen MR) is 66.9 cm³/mol. The smallest absolute Gasteiger partial charge is 0.159 e. The Hall–Kier alpha value is -2.03. The van der Waals surface area contributed by atoms with Crippen LogP contribution in [0.1, 0.15) is 35.7 Å². The fourth-order valence-electron chi connectivity index (χ4n) is 1.57. The van der Waals surface area contributed by atoms with Crippen LogP contribution in [0.4, 0.5) is 0 Å². The number of hydrogen-bond acceptors (Lipinski definition) is 3. The molecular weight excluding hydrogens is 212 g/mol. The highest BCUT2D eigenvalue weighted by molar-refractivity contribution is 5.73. The van der Waals surface area contributed by atoms with Gasteiger partial charge in [-0.15, -0.1) is 0 Å². The molecule has 0 unspecified atom stereocenters. The minimum atomic E-state index is 0.493. The first kappa shape index (κ1) is 11.5. The Morgan fingerprint density at radius 1 is 1.06 bits per heavy atom. The van der Waals surface area contributed by atoms with Gasteiger partial charge in [-0.1, -0.05) is 38.1 Å². The van der Waals surface area contributed by atoms with E-state index < -0.39 is 0 Å². The van der Waals surface area contributed by atoms with Crippen LogP contribution >= 0.6 is 0 Å². The molecule has 1 aromatic heterocycles. The van der Waals surface area contributed by atoms with E-state index in [1.807, 2.05) is 12.1 Å². The molecule has 86 valence electrons. The van der Waals surface area contributed by atoms with Crippen LogP contribution in [0.15, 0.2) is 36.7 Å². The van der Waals surface area contributed by atoms with E-state index in [-0.39, 0.29) is 0 Å². The Labute approximate surface area is 101 Å². The first-order valence-corrected chi connectivity index (χ1v) is 5.58. The molecule has 17 heavy (non-hydrogen) atoms. The van der Waals surface area contributed by atoms with E-state index in [0.717, 1.165) is 11.8 Å². The first-order valence-electron chi connectivity index (χ1n) is 5.58. The predicted octanol–water partition coefficient (Wildman–Crippen LogP) is 3.08. The second-order valence-electron chi connectivity index (χ2n) is 4.23. The van der Waals surface area contributed by atoms with Gasteiger partial charge < -0.3 is 0 Å². The Bertz CT molecular complexity index is 501. The number of aldehydes is 1. The summed E-state index contributed by atoms with van der Waals surface area (Å²) in [6.45, 7) is 4.31. The van der Waals surface area contributed by atoms with E-state index in [4.69, 9.17) is 0 Å². The maximum absolute atomic E-state index is 10.5. The number of aromatic nitrogens is 2. The highest BCUT2D eigenvalue weighted by atomic mass is 16.1. The van der Waals surface area contributed by atoms with Gasteiger partial charge in [-0.25, -0.2) is 9.97 Å². The first-order chi connectivity index (χ1) is 8.20. The van der Waals surface area contributed by atoms with E-state index in [9.17, 15) is 4.79 Å².